The quantitative estimate of drug-likeness (QED) is 0.687. The van der Waals surface area contributed by atoms with Gasteiger partial charge in [-0.05, 0) is 37.1 Å². The molecule has 1 fully saturated rings. The minimum absolute atomic E-state index is 0.0804. The molecule has 2 aromatic carbocycles. The van der Waals surface area contributed by atoms with Crippen LogP contribution in [0.25, 0.3) is 0 Å². The summed E-state index contributed by atoms with van der Waals surface area (Å²) < 4.78 is 5.82. The molecule has 3 rings (SSSR count). The van der Waals surface area contributed by atoms with Crippen LogP contribution in [0.2, 0.25) is 0 Å². The van der Waals surface area contributed by atoms with Crippen molar-refractivity contribution < 1.29 is 9.53 Å². The highest BCUT2D eigenvalue weighted by atomic mass is 16.5. The van der Waals surface area contributed by atoms with E-state index in [9.17, 15) is 4.79 Å². The van der Waals surface area contributed by atoms with Gasteiger partial charge >= 0.3 is 0 Å². The van der Waals surface area contributed by atoms with Gasteiger partial charge in [0.25, 0.3) is 0 Å². The average Bonchev–Trinajstić information content (AvgIpc) is 2.71. The number of hydrogen-bond donors (Lipinski definition) is 0. The highest BCUT2D eigenvalue weighted by molar-refractivity contribution is 5.92. The van der Waals surface area contributed by atoms with Crippen LogP contribution in [0.1, 0.15) is 23.6 Å². The Morgan fingerprint density at radius 3 is 2.18 bits per heavy atom. The van der Waals surface area contributed by atoms with E-state index in [1.807, 2.05) is 17.0 Å². The lowest BCUT2D eigenvalue weighted by atomic mass is 10.1. The molecule has 0 N–H and O–H groups in total. The minimum Gasteiger partial charge on any atom is -0.493 e. The van der Waals surface area contributed by atoms with Gasteiger partial charge < -0.3 is 9.64 Å². The Labute approximate surface area is 168 Å². The summed E-state index contributed by atoms with van der Waals surface area (Å²) in [6.45, 7) is 12.6. The van der Waals surface area contributed by atoms with Crippen LogP contribution in [-0.2, 0) is 17.8 Å². The van der Waals surface area contributed by atoms with E-state index in [0.29, 0.717) is 12.2 Å². The maximum atomic E-state index is 12.0. The lowest BCUT2D eigenvalue weighted by Gasteiger charge is -2.34. The van der Waals surface area contributed by atoms with Gasteiger partial charge in [-0.15, -0.1) is 0 Å². The first-order chi connectivity index (χ1) is 13.5. The average molecular weight is 379 g/mol. The van der Waals surface area contributed by atoms with Crippen molar-refractivity contribution in [2.24, 2.45) is 0 Å². The van der Waals surface area contributed by atoms with E-state index < -0.39 is 0 Å². The summed E-state index contributed by atoms with van der Waals surface area (Å²) in [7, 11) is 0. The van der Waals surface area contributed by atoms with Crippen molar-refractivity contribution in [1.82, 2.24) is 9.80 Å². The molecule has 0 radical (unpaired) electrons. The number of ether oxygens (including phenoxy) is 1. The topological polar surface area (TPSA) is 32.8 Å². The number of carbonyl (C=O) groups is 1. The molecule has 0 aromatic heterocycles. The van der Waals surface area contributed by atoms with Crippen LogP contribution < -0.4 is 4.74 Å². The van der Waals surface area contributed by atoms with E-state index >= 15 is 0 Å². The van der Waals surface area contributed by atoms with Gasteiger partial charge in [0.05, 0.1) is 6.61 Å². The minimum atomic E-state index is 0.0804. The molecule has 148 valence electrons. The number of amides is 1. The Bertz CT molecular complexity index is 788. The zero-order chi connectivity index (χ0) is 19.9. The van der Waals surface area contributed by atoms with Crippen LogP contribution in [0, 0.1) is 6.92 Å². The predicted molar refractivity (Wildman–Crippen MR) is 113 cm³/mol. The van der Waals surface area contributed by atoms with Crippen molar-refractivity contribution >= 4 is 5.91 Å². The van der Waals surface area contributed by atoms with Crippen molar-refractivity contribution in [3.8, 4) is 5.75 Å². The number of nitrogens with zero attached hydrogens (tertiary/aromatic N) is 2. The molecule has 1 heterocycles. The molecule has 0 aliphatic carbocycles. The molecule has 1 aliphatic heterocycles. The van der Waals surface area contributed by atoms with Crippen molar-refractivity contribution in [1.29, 1.82) is 0 Å². The molecule has 4 nitrogen and oxygen atoms in total. The van der Waals surface area contributed by atoms with E-state index in [2.05, 4.69) is 54.8 Å². The predicted octanol–water partition coefficient (Wildman–Crippen LogP) is 3.84. The molecular formula is C24H30N2O2. The first-order valence-electron chi connectivity index (χ1n) is 9.96. The van der Waals surface area contributed by atoms with Gasteiger partial charge in [0, 0.05) is 44.7 Å². The van der Waals surface area contributed by atoms with Crippen LogP contribution in [0.5, 0.6) is 5.75 Å². The van der Waals surface area contributed by atoms with Gasteiger partial charge in [-0.2, -0.15) is 0 Å². The summed E-state index contributed by atoms with van der Waals surface area (Å²) in [5.41, 5.74) is 4.46. The summed E-state index contributed by atoms with van der Waals surface area (Å²) in [6, 6.07) is 16.9. The third-order valence-electron chi connectivity index (χ3n) is 5.13. The zero-order valence-electron chi connectivity index (χ0n) is 17.0. The Hall–Kier alpha value is -2.59. The molecule has 1 aliphatic rings. The monoisotopic (exact) mass is 378 g/mol. The van der Waals surface area contributed by atoms with Gasteiger partial charge in [-0.25, -0.2) is 0 Å². The Morgan fingerprint density at radius 2 is 1.57 bits per heavy atom. The summed E-state index contributed by atoms with van der Waals surface area (Å²) in [4.78, 5) is 16.3. The molecule has 0 saturated carbocycles. The second-order valence-corrected chi connectivity index (χ2v) is 7.58. The molecule has 0 unspecified atom stereocenters. The molecule has 28 heavy (non-hydrogen) atoms. The van der Waals surface area contributed by atoms with Gasteiger partial charge in [-0.3, -0.25) is 9.69 Å². The highest BCUT2D eigenvalue weighted by Crippen LogP contribution is 2.14. The van der Waals surface area contributed by atoms with E-state index in [1.54, 1.807) is 6.92 Å². The smallest absolute Gasteiger partial charge is 0.248 e. The Kier molecular flexibility index (Phi) is 6.88. The summed E-state index contributed by atoms with van der Waals surface area (Å²) in [6.07, 6.45) is 0.899. The van der Waals surface area contributed by atoms with Crippen LogP contribution in [0.3, 0.4) is 0 Å². The fourth-order valence-electron chi connectivity index (χ4n) is 3.37. The summed E-state index contributed by atoms with van der Waals surface area (Å²) >= 11 is 0. The van der Waals surface area contributed by atoms with E-state index in [-0.39, 0.29) is 5.91 Å². The number of piperazine rings is 1. The first-order valence-corrected chi connectivity index (χ1v) is 9.96. The SMILES string of the molecule is C=C(C)C(=O)N1CCN(Cc2ccc(CCOc3ccc(C)cc3)cc2)CC1. The number of carbonyl (C=O) groups excluding carboxylic acids is 1. The molecule has 1 amide bonds. The van der Waals surface area contributed by atoms with E-state index in [4.69, 9.17) is 4.74 Å². The lowest BCUT2D eigenvalue weighted by molar-refractivity contribution is -0.128. The molecular weight excluding hydrogens is 348 g/mol. The lowest BCUT2D eigenvalue weighted by Crippen LogP contribution is -2.48. The van der Waals surface area contributed by atoms with Gasteiger partial charge in [0.2, 0.25) is 5.91 Å². The van der Waals surface area contributed by atoms with Crippen LogP contribution >= 0.6 is 0 Å². The number of hydrogen-bond acceptors (Lipinski definition) is 3. The molecule has 4 heteroatoms. The standard InChI is InChI=1S/C24H30N2O2/c1-19(2)24(27)26-15-13-25(14-16-26)18-22-8-6-21(7-9-22)12-17-28-23-10-4-20(3)5-11-23/h4-11H,1,12-18H2,2-3H3. The summed E-state index contributed by atoms with van der Waals surface area (Å²) in [5.74, 6) is 1.00. The van der Waals surface area contributed by atoms with Crippen LogP contribution in [0.4, 0.5) is 0 Å². The Balaban J connectivity index is 1.41. The zero-order valence-corrected chi connectivity index (χ0v) is 17.0. The largest absolute Gasteiger partial charge is 0.493 e. The maximum absolute atomic E-state index is 12.0. The first kappa shape index (κ1) is 20.2. The van der Waals surface area contributed by atoms with E-state index in [1.165, 1.54) is 16.7 Å². The molecule has 0 bridgehead atoms. The molecule has 0 spiro atoms. The fraction of sp³-hybridized carbons (Fsp3) is 0.375. The van der Waals surface area contributed by atoms with Gasteiger partial charge in [0.1, 0.15) is 5.75 Å². The summed E-state index contributed by atoms with van der Waals surface area (Å²) in [5, 5.41) is 0. The van der Waals surface area contributed by atoms with Crippen LogP contribution in [-0.4, -0.2) is 48.5 Å². The van der Waals surface area contributed by atoms with Crippen molar-refractivity contribution in [2.45, 2.75) is 26.8 Å². The number of rotatable bonds is 7. The molecule has 2 aromatic rings. The number of benzene rings is 2. The highest BCUT2D eigenvalue weighted by Gasteiger charge is 2.21. The molecule has 0 atom stereocenters. The maximum Gasteiger partial charge on any atom is 0.248 e. The van der Waals surface area contributed by atoms with Gasteiger partial charge in [-0.1, -0.05) is 48.5 Å². The fourth-order valence-corrected chi connectivity index (χ4v) is 3.37. The van der Waals surface area contributed by atoms with Crippen molar-refractivity contribution in [3.63, 3.8) is 0 Å². The third kappa shape index (κ3) is 5.70. The van der Waals surface area contributed by atoms with Crippen LogP contribution in [0.15, 0.2) is 60.7 Å². The second kappa shape index (κ2) is 9.56. The van der Waals surface area contributed by atoms with Gasteiger partial charge in [0.15, 0.2) is 0 Å². The van der Waals surface area contributed by atoms with Crippen molar-refractivity contribution in [2.75, 3.05) is 32.8 Å². The molecule has 1 saturated heterocycles. The number of aryl methyl sites for hydroxylation is 1. The van der Waals surface area contributed by atoms with Crippen molar-refractivity contribution in [3.05, 3.63) is 77.4 Å². The second-order valence-electron chi connectivity index (χ2n) is 7.58. The third-order valence-corrected chi connectivity index (χ3v) is 5.13. The van der Waals surface area contributed by atoms with E-state index in [0.717, 1.165) is 44.9 Å². The Morgan fingerprint density at radius 1 is 0.964 bits per heavy atom. The normalized spacial score (nSPS) is 14.7.